The molecule has 0 bridgehead atoms. The molecule has 4 heteroatoms. The highest BCUT2D eigenvalue weighted by molar-refractivity contribution is 6.11. The van der Waals surface area contributed by atoms with Crippen LogP contribution in [0.2, 0.25) is 0 Å². The van der Waals surface area contributed by atoms with Crippen molar-refractivity contribution in [2.75, 3.05) is 0 Å². The summed E-state index contributed by atoms with van der Waals surface area (Å²) in [7, 11) is 0. The summed E-state index contributed by atoms with van der Waals surface area (Å²) in [6, 6.07) is 13.9. The number of hydrogen-bond donors (Lipinski definition) is 1. The number of nitrogens with two attached hydrogens (primary N) is 1. The predicted molar refractivity (Wildman–Crippen MR) is 92.1 cm³/mol. The standard InChI is InChI=1S/C20H17FN2O/c21-14-8-9-16-15(11-14)19(20(22)24)18(13-4-2-1-3-5-13)17(23-16)10-12-6-7-12/h1-5,8-9,11-12H,6-7,10H2,(H2,22,24). The van der Waals surface area contributed by atoms with E-state index in [4.69, 9.17) is 10.7 Å². The number of primary amides is 1. The summed E-state index contributed by atoms with van der Waals surface area (Å²) < 4.78 is 13.8. The lowest BCUT2D eigenvalue weighted by atomic mass is 9.92. The summed E-state index contributed by atoms with van der Waals surface area (Å²) in [5, 5.41) is 0.473. The minimum absolute atomic E-state index is 0.362. The topological polar surface area (TPSA) is 56.0 Å². The molecule has 3 aromatic rings. The fourth-order valence-corrected chi connectivity index (χ4v) is 3.20. The van der Waals surface area contributed by atoms with Crippen LogP contribution in [-0.2, 0) is 6.42 Å². The third-order valence-electron chi connectivity index (χ3n) is 4.51. The Bertz CT molecular complexity index is 933. The second-order valence-electron chi connectivity index (χ2n) is 6.35. The van der Waals surface area contributed by atoms with Crippen LogP contribution in [0.1, 0.15) is 28.9 Å². The number of benzene rings is 2. The second-order valence-corrected chi connectivity index (χ2v) is 6.35. The zero-order valence-electron chi connectivity index (χ0n) is 13.1. The fourth-order valence-electron chi connectivity index (χ4n) is 3.20. The first-order valence-corrected chi connectivity index (χ1v) is 8.11. The third-order valence-corrected chi connectivity index (χ3v) is 4.51. The van der Waals surface area contributed by atoms with Crippen molar-refractivity contribution in [2.24, 2.45) is 11.7 Å². The molecule has 0 saturated heterocycles. The van der Waals surface area contributed by atoms with Crippen molar-refractivity contribution in [3.05, 3.63) is 65.6 Å². The average Bonchev–Trinajstić information content (AvgIpc) is 3.38. The molecule has 1 amide bonds. The van der Waals surface area contributed by atoms with Gasteiger partial charge in [-0.1, -0.05) is 30.3 Å². The molecule has 1 aliphatic carbocycles. The summed E-state index contributed by atoms with van der Waals surface area (Å²) in [6.07, 6.45) is 3.18. The normalized spacial score (nSPS) is 14.0. The van der Waals surface area contributed by atoms with Gasteiger partial charge in [0.25, 0.3) is 0 Å². The number of carbonyl (C=O) groups excluding carboxylic acids is 1. The van der Waals surface area contributed by atoms with Crippen molar-refractivity contribution in [1.82, 2.24) is 4.98 Å². The van der Waals surface area contributed by atoms with E-state index in [9.17, 15) is 9.18 Å². The van der Waals surface area contributed by atoms with Crippen molar-refractivity contribution in [2.45, 2.75) is 19.3 Å². The number of rotatable bonds is 4. The molecule has 0 radical (unpaired) electrons. The Labute approximate surface area is 139 Å². The van der Waals surface area contributed by atoms with Crippen LogP contribution >= 0.6 is 0 Å². The number of aromatic nitrogens is 1. The first kappa shape index (κ1) is 14.8. The lowest BCUT2D eigenvalue weighted by molar-refractivity contribution is 0.100. The molecule has 1 aliphatic rings. The molecule has 2 aromatic carbocycles. The van der Waals surface area contributed by atoms with Gasteiger partial charge in [-0.25, -0.2) is 4.39 Å². The highest BCUT2D eigenvalue weighted by Crippen LogP contribution is 2.38. The highest BCUT2D eigenvalue weighted by atomic mass is 19.1. The van der Waals surface area contributed by atoms with Crippen molar-refractivity contribution in [3.63, 3.8) is 0 Å². The van der Waals surface area contributed by atoms with Crippen molar-refractivity contribution in [1.29, 1.82) is 0 Å². The molecule has 0 unspecified atom stereocenters. The lowest BCUT2D eigenvalue weighted by Crippen LogP contribution is -2.16. The Kier molecular flexibility index (Phi) is 3.53. The minimum atomic E-state index is -0.552. The van der Waals surface area contributed by atoms with Crippen LogP contribution in [0.4, 0.5) is 4.39 Å². The summed E-state index contributed by atoms with van der Waals surface area (Å²) in [4.78, 5) is 17.0. The van der Waals surface area contributed by atoms with Gasteiger partial charge in [-0.05, 0) is 48.9 Å². The van der Waals surface area contributed by atoms with E-state index in [2.05, 4.69) is 0 Å². The van der Waals surface area contributed by atoms with Crippen LogP contribution in [0.3, 0.4) is 0 Å². The van der Waals surface area contributed by atoms with Gasteiger partial charge in [-0.15, -0.1) is 0 Å². The largest absolute Gasteiger partial charge is 0.366 e. The van der Waals surface area contributed by atoms with E-state index in [1.54, 1.807) is 6.07 Å². The van der Waals surface area contributed by atoms with Crippen LogP contribution in [0, 0.1) is 11.7 Å². The van der Waals surface area contributed by atoms with Gasteiger partial charge < -0.3 is 5.73 Å². The number of halogens is 1. The molecule has 2 N–H and O–H groups in total. The fraction of sp³-hybridized carbons (Fsp3) is 0.200. The van der Waals surface area contributed by atoms with Gasteiger partial charge in [-0.3, -0.25) is 9.78 Å². The summed E-state index contributed by atoms with van der Waals surface area (Å²) >= 11 is 0. The monoisotopic (exact) mass is 320 g/mol. The Balaban J connectivity index is 2.07. The van der Waals surface area contributed by atoms with Gasteiger partial charge in [-0.2, -0.15) is 0 Å². The highest BCUT2D eigenvalue weighted by Gasteiger charge is 2.27. The molecule has 3 nitrogen and oxygen atoms in total. The van der Waals surface area contributed by atoms with Crippen LogP contribution in [0.5, 0.6) is 0 Å². The van der Waals surface area contributed by atoms with Crippen molar-refractivity contribution < 1.29 is 9.18 Å². The van der Waals surface area contributed by atoms with E-state index >= 15 is 0 Å². The van der Waals surface area contributed by atoms with E-state index in [1.165, 1.54) is 25.0 Å². The van der Waals surface area contributed by atoms with Gasteiger partial charge in [0, 0.05) is 16.6 Å². The quantitative estimate of drug-likeness (QED) is 0.787. The minimum Gasteiger partial charge on any atom is -0.366 e. The number of pyridine rings is 1. The number of carbonyl (C=O) groups is 1. The SMILES string of the molecule is NC(=O)c1c(-c2ccccc2)c(CC2CC2)nc2ccc(F)cc12. The van der Waals surface area contributed by atoms with E-state index in [0.29, 0.717) is 22.4 Å². The van der Waals surface area contributed by atoms with E-state index in [1.807, 2.05) is 30.3 Å². The molecular formula is C20H17FN2O. The van der Waals surface area contributed by atoms with Gasteiger partial charge in [0.2, 0.25) is 5.91 Å². The smallest absolute Gasteiger partial charge is 0.250 e. The maximum Gasteiger partial charge on any atom is 0.250 e. The Hall–Kier alpha value is -2.75. The van der Waals surface area contributed by atoms with Crippen LogP contribution in [-0.4, -0.2) is 10.9 Å². The first-order chi connectivity index (χ1) is 11.6. The van der Waals surface area contributed by atoms with E-state index < -0.39 is 11.7 Å². The van der Waals surface area contributed by atoms with Gasteiger partial charge >= 0.3 is 0 Å². The zero-order valence-corrected chi connectivity index (χ0v) is 13.1. The number of fused-ring (bicyclic) bond motifs is 1. The Morgan fingerprint density at radius 2 is 1.92 bits per heavy atom. The molecule has 120 valence electrons. The summed E-state index contributed by atoms with van der Waals surface area (Å²) in [5.74, 6) is -0.344. The molecular weight excluding hydrogens is 303 g/mol. The van der Waals surface area contributed by atoms with E-state index in [0.717, 1.165) is 23.2 Å². The molecule has 0 aliphatic heterocycles. The molecule has 1 aromatic heterocycles. The predicted octanol–water partition coefficient (Wildman–Crippen LogP) is 4.09. The molecule has 4 rings (SSSR count). The maximum atomic E-state index is 13.8. The van der Waals surface area contributed by atoms with Gasteiger partial charge in [0.05, 0.1) is 11.1 Å². The number of hydrogen-bond acceptors (Lipinski definition) is 2. The van der Waals surface area contributed by atoms with Crippen LogP contribution in [0.15, 0.2) is 48.5 Å². The van der Waals surface area contributed by atoms with Crippen molar-refractivity contribution >= 4 is 16.8 Å². The number of amides is 1. The second kappa shape index (κ2) is 5.71. The first-order valence-electron chi connectivity index (χ1n) is 8.11. The van der Waals surface area contributed by atoms with E-state index in [-0.39, 0.29) is 0 Å². The van der Waals surface area contributed by atoms with Crippen molar-refractivity contribution in [3.8, 4) is 11.1 Å². The average molecular weight is 320 g/mol. The summed E-state index contributed by atoms with van der Waals surface area (Å²) in [5.41, 5.74) is 9.17. The van der Waals surface area contributed by atoms with Gasteiger partial charge in [0.15, 0.2) is 0 Å². The molecule has 0 spiro atoms. The van der Waals surface area contributed by atoms with Crippen LogP contribution in [0.25, 0.3) is 22.0 Å². The van der Waals surface area contributed by atoms with Gasteiger partial charge in [0.1, 0.15) is 5.82 Å². The van der Waals surface area contributed by atoms with Crippen LogP contribution < -0.4 is 5.73 Å². The molecule has 0 atom stereocenters. The lowest BCUT2D eigenvalue weighted by Gasteiger charge is -2.16. The summed E-state index contributed by atoms with van der Waals surface area (Å²) in [6.45, 7) is 0. The maximum absolute atomic E-state index is 13.8. The molecule has 1 fully saturated rings. The zero-order chi connectivity index (χ0) is 16.7. The Morgan fingerprint density at radius 1 is 1.17 bits per heavy atom. The molecule has 1 heterocycles. The molecule has 1 saturated carbocycles. The molecule has 24 heavy (non-hydrogen) atoms. The number of nitrogens with zero attached hydrogens (tertiary/aromatic N) is 1. The Morgan fingerprint density at radius 3 is 2.58 bits per heavy atom. The third kappa shape index (κ3) is 2.64.